The lowest BCUT2D eigenvalue weighted by atomic mass is 10.1. The smallest absolute Gasteiger partial charge is 0.254 e. The van der Waals surface area contributed by atoms with Crippen LogP contribution in [0.5, 0.6) is 5.75 Å². The van der Waals surface area contributed by atoms with Crippen LogP contribution in [-0.4, -0.2) is 29.5 Å². The van der Waals surface area contributed by atoms with Crippen molar-refractivity contribution in [3.05, 3.63) is 62.5 Å². The van der Waals surface area contributed by atoms with E-state index in [2.05, 4.69) is 15.9 Å². The van der Waals surface area contributed by atoms with Crippen molar-refractivity contribution in [3.8, 4) is 5.75 Å². The maximum atomic E-state index is 12.4. The zero-order valence-corrected chi connectivity index (χ0v) is 14.3. The first-order chi connectivity index (χ1) is 10.4. The van der Waals surface area contributed by atoms with E-state index in [0.29, 0.717) is 17.9 Å². The second-order valence-corrected chi connectivity index (χ2v) is 5.90. The molecule has 1 heterocycles. The molecule has 0 atom stereocenters. The maximum Gasteiger partial charge on any atom is 0.254 e. The minimum atomic E-state index is -0.209. The van der Waals surface area contributed by atoms with Crippen molar-refractivity contribution in [2.24, 2.45) is 7.05 Å². The molecule has 0 saturated carbocycles. The Balaban J connectivity index is 2.23. The minimum Gasteiger partial charge on any atom is -0.496 e. The summed E-state index contributed by atoms with van der Waals surface area (Å²) in [7, 11) is 4.93. The summed E-state index contributed by atoms with van der Waals surface area (Å²) < 4.78 is 7.65. The van der Waals surface area contributed by atoms with Crippen molar-refractivity contribution in [1.29, 1.82) is 0 Å². The van der Waals surface area contributed by atoms with Gasteiger partial charge in [-0.25, -0.2) is 0 Å². The first-order valence-corrected chi connectivity index (χ1v) is 7.46. The highest BCUT2D eigenvalue weighted by molar-refractivity contribution is 9.10. The molecule has 0 spiro atoms. The maximum absolute atomic E-state index is 12.4. The van der Waals surface area contributed by atoms with Crippen molar-refractivity contribution in [1.82, 2.24) is 9.47 Å². The number of nitrogens with zero attached hydrogens (tertiary/aromatic N) is 2. The largest absolute Gasteiger partial charge is 0.496 e. The average molecular weight is 365 g/mol. The molecule has 0 aliphatic heterocycles. The molecule has 5 nitrogen and oxygen atoms in total. The minimum absolute atomic E-state index is 0.209. The quantitative estimate of drug-likeness (QED) is 0.836. The third kappa shape index (κ3) is 3.57. The Bertz CT molecular complexity index is 755. The molecule has 116 valence electrons. The van der Waals surface area contributed by atoms with E-state index in [1.54, 1.807) is 38.4 Å². The molecule has 0 radical (unpaired) electrons. The average Bonchev–Trinajstić information content (AvgIpc) is 2.49. The number of carbonyl (C=O) groups is 1. The first kappa shape index (κ1) is 16.3. The van der Waals surface area contributed by atoms with Crippen LogP contribution in [0.25, 0.3) is 0 Å². The zero-order chi connectivity index (χ0) is 16.3. The molecule has 1 amide bonds. The Morgan fingerprint density at radius 3 is 2.68 bits per heavy atom. The number of amides is 1. The predicted octanol–water partition coefficient (Wildman–Crippen LogP) is 2.43. The predicted molar refractivity (Wildman–Crippen MR) is 88.2 cm³/mol. The summed E-state index contributed by atoms with van der Waals surface area (Å²) in [6, 6.07) is 8.61. The number of methoxy groups -OCH3 is 1. The van der Waals surface area contributed by atoms with Crippen LogP contribution in [0, 0.1) is 0 Å². The summed E-state index contributed by atoms with van der Waals surface area (Å²) in [4.78, 5) is 25.6. The fourth-order valence-corrected chi connectivity index (χ4v) is 2.51. The van der Waals surface area contributed by atoms with Gasteiger partial charge in [-0.1, -0.05) is 15.9 Å². The van der Waals surface area contributed by atoms with Crippen LogP contribution in [0.1, 0.15) is 15.9 Å². The van der Waals surface area contributed by atoms with E-state index in [1.165, 1.54) is 10.6 Å². The number of benzene rings is 1. The van der Waals surface area contributed by atoms with Gasteiger partial charge in [0.1, 0.15) is 5.75 Å². The number of carbonyl (C=O) groups excluding carboxylic acids is 1. The van der Waals surface area contributed by atoms with Gasteiger partial charge in [-0.15, -0.1) is 0 Å². The highest BCUT2D eigenvalue weighted by Gasteiger charge is 2.15. The molecular weight excluding hydrogens is 348 g/mol. The number of halogens is 1. The van der Waals surface area contributed by atoms with Gasteiger partial charge in [0.15, 0.2) is 0 Å². The lowest BCUT2D eigenvalue weighted by Crippen LogP contribution is -2.28. The van der Waals surface area contributed by atoms with Gasteiger partial charge in [-0.3, -0.25) is 9.59 Å². The van der Waals surface area contributed by atoms with Crippen molar-refractivity contribution >= 4 is 21.8 Å². The van der Waals surface area contributed by atoms with Gasteiger partial charge in [0.2, 0.25) is 0 Å². The van der Waals surface area contributed by atoms with E-state index in [-0.39, 0.29) is 11.5 Å². The molecule has 1 aromatic carbocycles. The second kappa shape index (κ2) is 6.79. The fraction of sp³-hybridized carbons (Fsp3) is 0.250. The Morgan fingerprint density at radius 1 is 1.32 bits per heavy atom. The molecular formula is C16H17BrN2O3. The summed E-state index contributed by atoms with van der Waals surface area (Å²) in [6.07, 6.45) is 1.59. The van der Waals surface area contributed by atoms with Crippen molar-refractivity contribution < 1.29 is 9.53 Å². The number of aryl methyl sites for hydroxylation is 1. The molecule has 2 rings (SSSR count). The lowest BCUT2D eigenvalue weighted by molar-refractivity contribution is 0.0784. The van der Waals surface area contributed by atoms with E-state index < -0.39 is 0 Å². The number of ether oxygens (including phenoxy) is 1. The van der Waals surface area contributed by atoms with E-state index in [9.17, 15) is 9.59 Å². The summed E-state index contributed by atoms with van der Waals surface area (Å²) in [6.45, 7) is 0.386. The van der Waals surface area contributed by atoms with Crippen LogP contribution < -0.4 is 10.3 Å². The molecule has 0 bridgehead atoms. The van der Waals surface area contributed by atoms with Crippen molar-refractivity contribution in [2.45, 2.75) is 6.54 Å². The summed E-state index contributed by atoms with van der Waals surface area (Å²) in [5.74, 6) is 0.506. The van der Waals surface area contributed by atoms with Gasteiger partial charge >= 0.3 is 0 Å². The molecule has 6 heteroatoms. The van der Waals surface area contributed by atoms with E-state index >= 15 is 0 Å². The third-order valence-electron chi connectivity index (χ3n) is 3.35. The van der Waals surface area contributed by atoms with Crippen LogP contribution in [0.2, 0.25) is 0 Å². The van der Waals surface area contributed by atoms with Crippen LogP contribution in [0.4, 0.5) is 0 Å². The molecule has 0 aliphatic rings. The standard InChI is InChI=1S/C16H17BrN2O3/c1-18-7-6-11(9-15(18)20)16(21)19(2)10-12-8-13(17)4-5-14(12)22-3/h4-9H,10H2,1-3H3. The normalized spacial score (nSPS) is 10.4. The van der Waals surface area contributed by atoms with E-state index in [4.69, 9.17) is 4.74 Å². The number of hydrogen-bond acceptors (Lipinski definition) is 3. The van der Waals surface area contributed by atoms with Crippen LogP contribution in [-0.2, 0) is 13.6 Å². The zero-order valence-electron chi connectivity index (χ0n) is 12.7. The monoisotopic (exact) mass is 364 g/mol. The van der Waals surface area contributed by atoms with Crippen molar-refractivity contribution in [3.63, 3.8) is 0 Å². The molecule has 0 unspecified atom stereocenters. The summed E-state index contributed by atoms with van der Waals surface area (Å²) in [5, 5.41) is 0. The van der Waals surface area contributed by atoms with Crippen molar-refractivity contribution in [2.75, 3.05) is 14.2 Å². The van der Waals surface area contributed by atoms with Gasteiger partial charge in [0.05, 0.1) is 7.11 Å². The molecule has 0 saturated heterocycles. The van der Waals surface area contributed by atoms with Crippen LogP contribution in [0.3, 0.4) is 0 Å². The molecule has 2 aromatic rings. The number of rotatable bonds is 4. The molecule has 1 aromatic heterocycles. The molecule has 0 N–H and O–H groups in total. The third-order valence-corrected chi connectivity index (χ3v) is 3.84. The second-order valence-electron chi connectivity index (χ2n) is 4.98. The molecule has 0 fully saturated rings. The summed E-state index contributed by atoms with van der Waals surface area (Å²) in [5.41, 5.74) is 1.05. The number of aromatic nitrogens is 1. The fourth-order valence-electron chi connectivity index (χ4n) is 2.10. The Morgan fingerprint density at radius 2 is 2.05 bits per heavy atom. The van der Waals surface area contributed by atoms with E-state index in [1.807, 2.05) is 18.2 Å². The Labute approximate surface area is 137 Å². The van der Waals surface area contributed by atoms with Gasteiger partial charge in [-0.2, -0.15) is 0 Å². The van der Waals surface area contributed by atoms with Crippen LogP contribution in [0.15, 0.2) is 45.8 Å². The van der Waals surface area contributed by atoms with E-state index in [0.717, 1.165) is 10.0 Å². The lowest BCUT2D eigenvalue weighted by Gasteiger charge is -2.19. The molecule has 22 heavy (non-hydrogen) atoms. The SMILES string of the molecule is COc1ccc(Br)cc1CN(C)C(=O)c1ccn(C)c(=O)c1. The number of hydrogen-bond donors (Lipinski definition) is 0. The highest BCUT2D eigenvalue weighted by atomic mass is 79.9. The number of pyridine rings is 1. The topological polar surface area (TPSA) is 51.5 Å². The van der Waals surface area contributed by atoms with Crippen LogP contribution >= 0.6 is 15.9 Å². The highest BCUT2D eigenvalue weighted by Crippen LogP contribution is 2.24. The first-order valence-electron chi connectivity index (χ1n) is 6.67. The van der Waals surface area contributed by atoms with Gasteiger partial charge < -0.3 is 14.2 Å². The summed E-state index contributed by atoms with van der Waals surface area (Å²) >= 11 is 3.41. The van der Waals surface area contributed by atoms with Gasteiger partial charge in [-0.05, 0) is 24.3 Å². The van der Waals surface area contributed by atoms with Gasteiger partial charge in [0, 0.05) is 48.5 Å². The molecule has 0 aliphatic carbocycles. The Kier molecular flexibility index (Phi) is 5.03. The Hall–Kier alpha value is -2.08. The van der Waals surface area contributed by atoms with Gasteiger partial charge in [0.25, 0.3) is 11.5 Å².